The van der Waals surface area contributed by atoms with Gasteiger partial charge in [0, 0.05) is 28.7 Å². The fourth-order valence-corrected chi connectivity index (χ4v) is 3.71. The summed E-state index contributed by atoms with van der Waals surface area (Å²) < 4.78 is 2.01. The number of nitrogens with one attached hydrogen (secondary N) is 1. The number of pyridine rings is 1. The molecular formula is C24H23ClN4O. The molecule has 0 aliphatic heterocycles. The summed E-state index contributed by atoms with van der Waals surface area (Å²) in [6.07, 6.45) is 3.98. The largest absolute Gasteiger partial charge is 0.324 e. The Hall–Kier alpha value is -3.15. The van der Waals surface area contributed by atoms with Gasteiger partial charge in [-0.15, -0.1) is 0 Å². The number of imidazole rings is 1. The number of carbonyl (C=O) groups is 1. The normalized spacial score (nSPS) is 12.3. The minimum absolute atomic E-state index is 0.106. The first-order valence-corrected chi connectivity index (χ1v) is 10.1. The smallest absolute Gasteiger partial charge is 0.246 e. The number of rotatable bonds is 5. The molecule has 0 fully saturated rings. The fourth-order valence-electron chi connectivity index (χ4n) is 3.59. The molecule has 2 aromatic carbocycles. The second kappa shape index (κ2) is 8.30. The molecule has 30 heavy (non-hydrogen) atoms. The van der Waals surface area contributed by atoms with E-state index < -0.39 is 6.04 Å². The predicted molar refractivity (Wildman–Crippen MR) is 122 cm³/mol. The van der Waals surface area contributed by atoms with Gasteiger partial charge in [-0.3, -0.25) is 9.69 Å². The molecule has 0 spiro atoms. The first-order chi connectivity index (χ1) is 14.4. The summed E-state index contributed by atoms with van der Waals surface area (Å²) in [6, 6.07) is 18.7. The highest BCUT2D eigenvalue weighted by atomic mass is 35.5. The Morgan fingerprint density at radius 1 is 1.10 bits per heavy atom. The Morgan fingerprint density at radius 2 is 1.87 bits per heavy atom. The van der Waals surface area contributed by atoms with Gasteiger partial charge in [0.25, 0.3) is 0 Å². The summed E-state index contributed by atoms with van der Waals surface area (Å²) in [4.78, 5) is 19.7. The van der Waals surface area contributed by atoms with E-state index in [0.717, 1.165) is 33.7 Å². The van der Waals surface area contributed by atoms with Gasteiger partial charge in [0.1, 0.15) is 11.7 Å². The lowest BCUT2D eigenvalue weighted by Crippen LogP contribution is -2.32. The van der Waals surface area contributed by atoms with Crippen LogP contribution in [0.15, 0.2) is 73.1 Å². The maximum Gasteiger partial charge on any atom is 0.246 e. The highest BCUT2D eigenvalue weighted by Gasteiger charge is 2.23. The zero-order valence-corrected chi connectivity index (χ0v) is 17.9. The van der Waals surface area contributed by atoms with E-state index in [0.29, 0.717) is 5.02 Å². The first-order valence-electron chi connectivity index (χ1n) is 9.70. The van der Waals surface area contributed by atoms with E-state index in [4.69, 9.17) is 16.6 Å². The summed E-state index contributed by atoms with van der Waals surface area (Å²) in [7, 11) is 3.77. The Kier molecular flexibility index (Phi) is 5.57. The number of hydrogen-bond acceptors (Lipinski definition) is 3. The molecule has 2 heterocycles. The SMILES string of the molecule is Cc1cccn2cc(-c3cccc(NC(=O)[C@H](c4ccc(Cl)cc4)N(C)C)c3)nc12. The molecule has 0 radical (unpaired) electrons. The van der Waals surface area contributed by atoms with Crippen LogP contribution in [0.4, 0.5) is 5.69 Å². The van der Waals surface area contributed by atoms with Crippen LogP contribution in [-0.2, 0) is 4.79 Å². The van der Waals surface area contributed by atoms with Crippen LogP contribution in [0.2, 0.25) is 5.02 Å². The summed E-state index contributed by atoms with van der Waals surface area (Å²) in [5, 5.41) is 3.69. The van der Waals surface area contributed by atoms with Gasteiger partial charge >= 0.3 is 0 Å². The Bertz CT molecular complexity index is 1200. The molecule has 1 amide bonds. The maximum absolute atomic E-state index is 13.1. The number of carbonyl (C=O) groups excluding carboxylic acids is 1. The maximum atomic E-state index is 13.1. The molecule has 1 atom stereocenters. The molecule has 0 aliphatic rings. The van der Waals surface area contributed by atoms with Crippen LogP contribution in [0.25, 0.3) is 16.9 Å². The number of likely N-dealkylation sites (N-methyl/N-ethyl adjacent to an activating group) is 1. The molecule has 2 aromatic heterocycles. The predicted octanol–water partition coefficient (Wildman–Crippen LogP) is 5.20. The first kappa shape index (κ1) is 20.1. The lowest BCUT2D eigenvalue weighted by molar-refractivity contribution is -0.120. The van der Waals surface area contributed by atoms with Crippen molar-refractivity contribution in [3.05, 3.63) is 89.2 Å². The van der Waals surface area contributed by atoms with Crippen LogP contribution < -0.4 is 5.32 Å². The zero-order chi connectivity index (χ0) is 21.3. The van der Waals surface area contributed by atoms with Crippen LogP contribution in [0.3, 0.4) is 0 Å². The fraction of sp³-hybridized carbons (Fsp3) is 0.167. The molecule has 0 saturated heterocycles. The third kappa shape index (κ3) is 4.08. The lowest BCUT2D eigenvalue weighted by Gasteiger charge is -2.24. The average Bonchev–Trinajstić information content (AvgIpc) is 3.15. The third-order valence-electron chi connectivity index (χ3n) is 5.05. The van der Waals surface area contributed by atoms with E-state index in [1.807, 2.05) is 91.2 Å². The minimum Gasteiger partial charge on any atom is -0.324 e. The van der Waals surface area contributed by atoms with Crippen molar-refractivity contribution in [1.29, 1.82) is 0 Å². The molecule has 4 aromatic rings. The van der Waals surface area contributed by atoms with Crippen LogP contribution in [0.1, 0.15) is 17.2 Å². The summed E-state index contributed by atoms with van der Waals surface area (Å²) in [5.41, 5.74) is 5.47. The van der Waals surface area contributed by atoms with Gasteiger partial charge in [-0.2, -0.15) is 0 Å². The van der Waals surface area contributed by atoms with E-state index in [9.17, 15) is 4.79 Å². The van der Waals surface area contributed by atoms with Crippen molar-refractivity contribution < 1.29 is 4.79 Å². The highest BCUT2D eigenvalue weighted by molar-refractivity contribution is 6.30. The number of benzene rings is 2. The van der Waals surface area contributed by atoms with Crippen molar-refractivity contribution in [2.24, 2.45) is 0 Å². The number of hydrogen-bond donors (Lipinski definition) is 1. The van der Waals surface area contributed by atoms with Crippen molar-refractivity contribution in [2.75, 3.05) is 19.4 Å². The lowest BCUT2D eigenvalue weighted by atomic mass is 10.0. The summed E-state index contributed by atoms with van der Waals surface area (Å²) in [5.74, 6) is -0.106. The third-order valence-corrected chi connectivity index (χ3v) is 5.31. The van der Waals surface area contributed by atoms with Gasteiger partial charge in [0.15, 0.2) is 0 Å². The van der Waals surface area contributed by atoms with Crippen molar-refractivity contribution in [3.63, 3.8) is 0 Å². The number of amides is 1. The number of halogens is 1. The Balaban J connectivity index is 1.60. The van der Waals surface area contributed by atoms with Gasteiger partial charge in [0.05, 0.1) is 5.69 Å². The van der Waals surface area contributed by atoms with Gasteiger partial charge in [-0.25, -0.2) is 4.98 Å². The Morgan fingerprint density at radius 3 is 2.57 bits per heavy atom. The topological polar surface area (TPSA) is 49.6 Å². The number of anilines is 1. The summed E-state index contributed by atoms with van der Waals surface area (Å²) >= 11 is 6.00. The highest BCUT2D eigenvalue weighted by Crippen LogP contribution is 2.26. The molecule has 0 unspecified atom stereocenters. The zero-order valence-electron chi connectivity index (χ0n) is 17.1. The molecule has 4 rings (SSSR count). The van der Waals surface area contributed by atoms with Crippen molar-refractivity contribution in [1.82, 2.24) is 14.3 Å². The van der Waals surface area contributed by atoms with Crippen LogP contribution in [0.5, 0.6) is 0 Å². The monoisotopic (exact) mass is 418 g/mol. The second-order valence-corrected chi connectivity index (χ2v) is 7.97. The van der Waals surface area contributed by atoms with Crippen LogP contribution in [-0.4, -0.2) is 34.3 Å². The quantitative estimate of drug-likeness (QED) is 0.484. The number of nitrogens with zero attached hydrogens (tertiary/aromatic N) is 3. The molecule has 0 aliphatic carbocycles. The number of aryl methyl sites for hydroxylation is 1. The molecule has 6 heteroatoms. The molecular weight excluding hydrogens is 396 g/mol. The van der Waals surface area contributed by atoms with E-state index in [1.54, 1.807) is 12.1 Å². The number of fused-ring (bicyclic) bond motifs is 1. The van der Waals surface area contributed by atoms with E-state index in [-0.39, 0.29) is 5.91 Å². The van der Waals surface area contributed by atoms with Gasteiger partial charge < -0.3 is 9.72 Å². The van der Waals surface area contributed by atoms with Crippen molar-refractivity contribution in [2.45, 2.75) is 13.0 Å². The standard InChI is InChI=1S/C24H23ClN4O/c1-16-6-5-13-29-15-21(27-23(16)29)18-7-4-8-20(14-18)26-24(30)22(28(2)3)17-9-11-19(25)12-10-17/h4-15,22H,1-3H3,(H,26,30)/t22-/m0/s1. The van der Waals surface area contributed by atoms with Crippen LogP contribution >= 0.6 is 11.6 Å². The molecule has 0 bridgehead atoms. The van der Waals surface area contributed by atoms with E-state index in [2.05, 4.69) is 5.32 Å². The van der Waals surface area contributed by atoms with Gasteiger partial charge in [-0.1, -0.05) is 41.9 Å². The van der Waals surface area contributed by atoms with Gasteiger partial charge in [0.2, 0.25) is 5.91 Å². The Labute approximate surface area is 180 Å². The van der Waals surface area contributed by atoms with Crippen LogP contribution in [0, 0.1) is 6.92 Å². The molecule has 0 saturated carbocycles. The molecule has 5 nitrogen and oxygen atoms in total. The van der Waals surface area contributed by atoms with Crippen molar-refractivity contribution in [3.8, 4) is 11.3 Å². The van der Waals surface area contributed by atoms with Gasteiger partial charge in [-0.05, 0) is 62.5 Å². The average molecular weight is 419 g/mol. The molecule has 1 N–H and O–H groups in total. The second-order valence-electron chi connectivity index (χ2n) is 7.54. The summed E-state index contributed by atoms with van der Waals surface area (Å²) in [6.45, 7) is 2.04. The minimum atomic E-state index is -0.427. The molecule has 152 valence electrons. The number of aromatic nitrogens is 2. The van der Waals surface area contributed by atoms with E-state index in [1.165, 1.54) is 0 Å². The van der Waals surface area contributed by atoms with E-state index >= 15 is 0 Å². The van der Waals surface area contributed by atoms with Crippen molar-refractivity contribution >= 4 is 28.8 Å².